The predicted molar refractivity (Wildman–Crippen MR) is 78.5 cm³/mol. The molecule has 0 fully saturated rings. The van der Waals surface area contributed by atoms with Crippen LogP contribution in [0, 0.1) is 0 Å². The zero-order chi connectivity index (χ0) is 13.8. The molecule has 0 bridgehead atoms. The summed E-state index contributed by atoms with van der Waals surface area (Å²) in [6, 6.07) is -0.359. The second-order valence-electron chi connectivity index (χ2n) is 5.24. The third-order valence-corrected chi connectivity index (χ3v) is 3.26. The van der Waals surface area contributed by atoms with Gasteiger partial charge in [-0.25, -0.2) is 0 Å². The highest BCUT2D eigenvalue weighted by atomic mass is 16.2. The van der Waals surface area contributed by atoms with Gasteiger partial charge in [0.2, 0.25) is 5.91 Å². The molecule has 0 aliphatic rings. The number of nitrogens with zero attached hydrogens (tertiary/aromatic N) is 1. The van der Waals surface area contributed by atoms with Gasteiger partial charge < -0.3 is 10.6 Å². The molecule has 0 saturated carbocycles. The summed E-state index contributed by atoms with van der Waals surface area (Å²) in [4.78, 5) is 13.9. The number of hydrogen-bond donors (Lipinski definition) is 1. The molecule has 0 aliphatic heterocycles. The molecular formula is C15H32N2O. The summed E-state index contributed by atoms with van der Waals surface area (Å²) in [5.41, 5.74) is 5.71. The minimum Gasteiger partial charge on any atom is -0.341 e. The van der Waals surface area contributed by atoms with E-state index < -0.39 is 0 Å². The molecule has 2 N–H and O–H groups in total. The van der Waals surface area contributed by atoms with Crippen molar-refractivity contribution in [3.63, 3.8) is 0 Å². The zero-order valence-electron chi connectivity index (χ0n) is 12.6. The summed E-state index contributed by atoms with van der Waals surface area (Å²) in [5, 5.41) is 0. The largest absolute Gasteiger partial charge is 0.341 e. The van der Waals surface area contributed by atoms with E-state index in [9.17, 15) is 4.79 Å². The molecule has 1 atom stereocenters. The quantitative estimate of drug-likeness (QED) is 0.576. The highest BCUT2D eigenvalue weighted by Gasteiger charge is 2.16. The maximum absolute atomic E-state index is 12.0. The smallest absolute Gasteiger partial charge is 0.239 e. The van der Waals surface area contributed by atoms with Crippen LogP contribution in [0.4, 0.5) is 0 Å². The van der Waals surface area contributed by atoms with Gasteiger partial charge in [-0.15, -0.1) is 0 Å². The van der Waals surface area contributed by atoms with Crippen molar-refractivity contribution in [2.45, 2.75) is 78.2 Å². The first-order valence-electron chi connectivity index (χ1n) is 7.67. The van der Waals surface area contributed by atoms with Crippen molar-refractivity contribution in [2.24, 2.45) is 5.73 Å². The molecule has 1 amide bonds. The number of unbranched alkanes of at least 4 members (excludes halogenated alkanes) is 6. The number of nitrogens with two attached hydrogens (primary N) is 1. The summed E-state index contributed by atoms with van der Waals surface area (Å²) >= 11 is 0. The number of carbonyl (C=O) groups excluding carboxylic acids is 1. The van der Waals surface area contributed by atoms with Crippen LogP contribution in [0.15, 0.2) is 0 Å². The van der Waals surface area contributed by atoms with Gasteiger partial charge in [0, 0.05) is 13.1 Å². The maximum atomic E-state index is 12.0. The Morgan fingerprint density at radius 2 is 1.39 bits per heavy atom. The van der Waals surface area contributed by atoms with Gasteiger partial charge in [-0.2, -0.15) is 0 Å². The molecule has 3 heteroatoms. The van der Waals surface area contributed by atoms with E-state index in [1.807, 2.05) is 4.90 Å². The lowest BCUT2D eigenvalue weighted by molar-refractivity contribution is -0.132. The molecule has 0 radical (unpaired) electrons. The topological polar surface area (TPSA) is 46.3 Å². The Hall–Kier alpha value is -0.570. The van der Waals surface area contributed by atoms with Crippen LogP contribution in [-0.4, -0.2) is 29.9 Å². The van der Waals surface area contributed by atoms with Gasteiger partial charge in [0.25, 0.3) is 0 Å². The molecule has 0 heterocycles. The Morgan fingerprint density at radius 3 is 1.72 bits per heavy atom. The molecular weight excluding hydrogens is 224 g/mol. The molecule has 0 aromatic rings. The monoisotopic (exact) mass is 256 g/mol. The van der Waals surface area contributed by atoms with Gasteiger partial charge in [0.1, 0.15) is 0 Å². The van der Waals surface area contributed by atoms with Crippen molar-refractivity contribution in [1.29, 1.82) is 0 Å². The summed E-state index contributed by atoms with van der Waals surface area (Å²) in [7, 11) is 0. The number of carbonyl (C=O) groups is 1. The fourth-order valence-corrected chi connectivity index (χ4v) is 2.08. The van der Waals surface area contributed by atoms with Crippen molar-refractivity contribution in [3.8, 4) is 0 Å². The molecule has 0 aromatic heterocycles. The highest BCUT2D eigenvalue weighted by molar-refractivity contribution is 5.81. The van der Waals surface area contributed by atoms with Gasteiger partial charge >= 0.3 is 0 Å². The molecule has 1 unspecified atom stereocenters. The molecule has 0 aliphatic carbocycles. The van der Waals surface area contributed by atoms with Gasteiger partial charge in [-0.3, -0.25) is 4.79 Å². The number of rotatable bonds is 11. The van der Waals surface area contributed by atoms with E-state index in [-0.39, 0.29) is 11.9 Å². The Balaban J connectivity index is 3.96. The molecule has 0 aromatic carbocycles. The molecule has 0 saturated heterocycles. The van der Waals surface area contributed by atoms with E-state index in [0.29, 0.717) is 0 Å². The Kier molecular flexibility index (Phi) is 11.2. The predicted octanol–water partition coefficient (Wildman–Crippen LogP) is 3.32. The van der Waals surface area contributed by atoms with Crippen LogP contribution >= 0.6 is 0 Å². The lowest BCUT2D eigenvalue weighted by Crippen LogP contribution is -2.43. The van der Waals surface area contributed by atoms with Crippen LogP contribution in [0.3, 0.4) is 0 Å². The molecule has 0 rings (SSSR count). The van der Waals surface area contributed by atoms with Gasteiger partial charge in [-0.05, 0) is 19.8 Å². The van der Waals surface area contributed by atoms with Crippen molar-refractivity contribution >= 4 is 5.91 Å². The third-order valence-electron chi connectivity index (χ3n) is 3.26. The minimum absolute atomic E-state index is 0.114. The SMILES string of the molecule is CCCCCCN(CCCCCC)C(=O)C(C)N. The Bertz CT molecular complexity index is 193. The lowest BCUT2D eigenvalue weighted by Gasteiger charge is -2.24. The van der Waals surface area contributed by atoms with Crippen LogP contribution in [0.2, 0.25) is 0 Å². The van der Waals surface area contributed by atoms with Crippen LogP contribution < -0.4 is 5.73 Å². The molecule has 3 nitrogen and oxygen atoms in total. The fraction of sp³-hybridized carbons (Fsp3) is 0.933. The second-order valence-corrected chi connectivity index (χ2v) is 5.24. The average molecular weight is 256 g/mol. The van der Waals surface area contributed by atoms with Crippen molar-refractivity contribution < 1.29 is 4.79 Å². The van der Waals surface area contributed by atoms with Crippen LogP contribution in [0.5, 0.6) is 0 Å². The van der Waals surface area contributed by atoms with E-state index in [0.717, 1.165) is 25.9 Å². The number of hydrogen-bond acceptors (Lipinski definition) is 2. The van der Waals surface area contributed by atoms with Crippen LogP contribution in [0.25, 0.3) is 0 Å². The van der Waals surface area contributed by atoms with E-state index in [1.165, 1.54) is 38.5 Å². The zero-order valence-corrected chi connectivity index (χ0v) is 12.6. The molecule has 108 valence electrons. The average Bonchev–Trinajstić information content (AvgIpc) is 2.36. The van der Waals surface area contributed by atoms with Crippen molar-refractivity contribution in [1.82, 2.24) is 4.90 Å². The van der Waals surface area contributed by atoms with E-state index in [2.05, 4.69) is 13.8 Å². The van der Waals surface area contributed by atoms with Crippen LogP contribution in [0.1, 0.15) is 72.1 Å². The number of amides is 1. The maximum Gasteiger partial charge on any atom is 0.239 e. The van der Waals surface area contributed by atoms with Crippen molar-refractivity contribution in [2.75, 3.05) is 13.1 Å². The van der Waals surface area contributed by atoms with E-state index in [4.69, 9.17) is 5.73 Å². The highest BCUT2D eigenvalue weighted by Crippen LogP contribution is 2.06. The normalized spacial score (nSPS) is 12.4. The molecule has 18 heavy (non-hydrogen) atoms. The summed E-state index contributed by atoms with van der Waals surface area (Å²) in [5.74, 6) is 0.114. The van der Waals surface area contributed by atoms with Gasteiger partial charge in [0.05, 0.1) is 6.04 Å². The summed E-state index contributed by atoms with van der Waals surface area (Å²) in [6.07, 6.45) is 9.64. The third kappa shape index (κ3) is 8.51. The van der Waals surface area contributed by atoms with E-state index in [1.54, 1.807) is 6.92 Å². The van der Waals surface area contributed by atoms with Crippen molar-refractivity contribution in [3.05, 3.63) is 0 Å². The second kappa shape index (κ2) is 11.5. The first-order chi connectivity index (χ1) is 8.63. The first kappa shape index (κ1) is 17.4. The first-order valence-corrected chi connectivity index (χ1v) is 7.67. The fourth-order valence-electron chi connectivity index (χ4n) is 2.08. The summed E-state index contributed by atoms with van der Waals surface area (Å²) in [6.45, 7) is 7.96. The Labute approximate surface area is 113 Å². The van der Waals surface area contributed by atoms with Crippen LogP contribution in [-0.2, 0) is 4.79 Å². The standard InChI is InChI=1S/C15H32N2O/c1-4-6-8-10-12-17(15(18)14(3)16)13-11-9-7-5-2/h14H,4-13,16H2,1-3H3. The minimum atomic E-state index is -0.359. The van der Waals surface area contributed by atoms with E-state index >= 15 is 0 Å². The van der Waals surface area contributed by atoms with Gasteiger partial charge in [0.15, 0.2) is 0 Å². The summed E-state index contributed by atoms with van der Waals surface area (Å²) < 4.78 is 0. The van der Waals surface area contributed by atoms with Gasteiger partial charge in [-0.1, -0.05) is 52.4 Å². The lowest BCUT2D eigenvalue weighted by atomic mass is 10.1. The molecule has 0 spiro atoms. The Morgan fingerprint density at radius 1 is 0.944 bits per heavy atom.